The Morgan fingerprint density at radius 3 is 2.21 bits per heavy atom. The van der Waals surface area contributed by atoms with E-state index in [4.69, 9.17) is 23.7 Å². The smallest absolute Gasteiger partial charge is 0.277 e. The number of carbonyl (C=O) groups is 2. The molecule has 2 rings (SSSR count). The van der Waals surface area contributed by atoms with Crippen LogP contribution in [-0.2, 0) is 4.79 Å². The fourth-order valence-electron chi connectivity index (χ4n) is 2.20. The van der Waals surface area contributed by atoms with Crippen molar-refractivity contribution >= 4 is 40.4 Å². The van der Waals surface area contributed by atoms with E-state index in [9.17, 15) is 9.59 Å². The number of piperazine rings is 1. The summed E-state index contributed by atoms with van der Waals surface area (Å²) in [6.07, 6.45) is 0. The van der Waals surface area contributed by atoms with E-state index in [0.717, 1.165) is 13.1 Å². The number of nitrogens with one attached hydrogen (secondary N) is 1. The third-order valence-electron chi connectivity index (χ3n) is 3.69. The molecule has 5 N–H and O–H groups in total. The summed E-state index contributed by atoms with van der Waals surface area (Å²) in [6.45, 7) is 2.78. The first-order chi connectivity index (χ1) is 11.4. The van der Waals surface area contributed by atoms with Crippen molar-refractivity contribution in [3.63, 3.8) is 0 Å². The molecule has 8 nitrogen and oxygen atoms in total. The summed E-state index contributed by atoms with van der Waals surface area (Å²) in [6, 6.07) is 6.37. The lowest BCUT2D eigenvalue weighted by atomic mass is 10.2. The Morgan fingerprint density at radius 2 is 1.71 bits per heavy atom. The second kappa shape index (κ2) is 7.84. The number of nitrogens with two attached hydrogens (primary N) is 2. The maximum absolute atomic E-state index is 12.5. The number of hydrazone groups is 1. The number of anilines is 1. The summed E-state index contributed by atoms with van der Waals surface area (Å²) >= 11 is 4.94. The maximum atomic E-state index is 12.5. The minimum Gasteiger partial charge on any atom is -0.388 e. The van der Waals surface area contributed by atoms with Crippen molar-refractivity contribution in [2.24, 2.45) is 16.6 Å². The molecule has 0 saturated carbocycles. The van der Waals surface area contributed by atoms with Gasteiger partial charge in [-0.2, -0.15) is 5.10 Å². The zero-order valence-electron chi connectivity index (χ0n) is 13.4. The van der Waals surface area contributed by atoms with Crippen molar-refractivity contribution in [2.75, 3.05) is 38.7 Å². The van der Waals surface area contributed by atoms with E-state index in [1.165, 1.54) is 0 Å². The van der Waals surface area contributed by atoms with Crippen LogP contribution in [-0.4, -0.2) is 65.5 Å². The van der Waals surface area contributed by atoms with Crippen LogP contribution in [0.25, 0.3) is 0 Å². The Labute approximate surface area is 145 Å². The number of rotatable bonds is 5. The zero-order valence-corrected chi connectivity index (χ0v) is 14.2. The summed E-state index contributed by atoms with van der Waals surface area (Å²) < 4.78 is 0. The molecule has 0 atom stereocenters. The Kier molecular flexibility index (Phi) is 5.83. The lowest BCUT2D eigenvalue weighted by molar-refractivity contribution is -0.125. The fraction of sp³-hybridized carbons (Fsp3) is 0.333. The normalized spacial score (nSPS) is 15.9. The first kappa shape index (κ1) is 17.8. The molecule has 1 aromatic rings. The van der Waals surface area contributed by atoms with Crippen LogP contribution in [0.5, 0.6) is 0 Å². The van der Waals surface area contributed by atoms with Crippen LogP contribution >= 0.6 is 12.2 Å². The van der Waals surface area contributed by atoms with E-state index in [1.807, 2.05) is 7.05 Å². The van der Waals surface area contributed by atoms with Crippen molar-refractivity contribution < 1.29 is 9.59 Å². The summed E-state index contributed by atoms with van der Waals surface area (Å²) in [4.78, 5) is 27.3. The standard InChI is InChI=1S/C15H20N6O2S/c1-20-6-8-21(9-7-20)15(23)12(14(17)24)19-18-11-4-2-10(3-5-11)13(16)22/h2-5,18H,6-9H2,1H3,(H2,16,22)(H2,17,24). The SMILES string of the molecule is CN1CCN(C(=O)C(=NNc2ccc(C(N)=O)cc2)C(N)=S)CC1. The molecule has 0 aliphatic carbocycles. The van der Waals surface area contributed by atoms with E-state index in [-0.39, 0.29) is 16.6 Å². The second-order valence-electron chi connectivity index (χ2n) is 5.47. The third-order valence-corrected chi connectivity index (χ3v) is 3.89. The van der Waals surface area contributed by atoms with Gasteiger partial charge in [-0.3, -0.25) is 15.0 Å². The van der Waals surface area contributed by atoms with Gasteiger partial charge in [-0.15, -0.1) is 0 Å². The van der Waals surface area contributed by atoms with Crippen molar-refractivity contribution in [1.82, 2.24) is 9.80 Å². The minimum absolute atomic E-state index is 0.00790. The molecule has 1 heterocycles. The van der Waals surface area contributed by atoms with Gasteiger partial charge in [0.2, 0.25) is 5.91 Å². The molecule has 1 aromatic carbocycles. The predicted octanol–water partition coefficient (Wildman–Crippen LogP) is -0.386. The average molecular weight is 348 g/mol. The minimum atomic E-state index is -0.515. The van der Waals surface area contributed by atoms with Crippen molar-refractivity contribution in [1.29, 1.82) is 0 Å². The number of nitrogens with zero attached hydrogens (tertiary/aromatic N) is 3. The second-order valence-corrected chi connectivity index (χ2v) is 5.91. The van der Waals surface area contributed by atoms with E-state index >= 15 is 0 Å². The molecule has 2 amide bonds. The first-order valence-corrected chi connectivity index (χ1v) is 7.80. The highest BCUT2D eigenvalue weighted by Gasteiger charge is 2.25. The lowest BCUT2D eigenvalue weighted by Gasteiger charge is -2.32. The highest BCUT2D eigenvalue weighted by molar-refractivity contribution is 7.82. The monoisotopic (exact) mass is 348 g/mol. The molecule has 128 valence electrons. The van der Waals surface area contributed by atoms with Crippen molar-refractivity contribution in [2.45, 2.75) is 0 Å². The number of hydrogen-bond acceptors (Lipinski definition) is 6. The van der Waals surface area contributed by atoms with Gasteiger partial charge in [-0.1, -0.05) is 12.2 Å². The molecule has 1 aliphatic rings. The molecule has 9 heteroatoms. The van der Waals surface area contributed by atoms with Gasteiger partial charge in [0.15, 0.2) is 5.71 Å². The van der Waals surface area contributed by atoms with E-state index in [0.29, 0.717) is 24.3 Å². The van der Waals surface area contributed by atoms with Crippen LogP contribution < -0.4 is 16.9 Å². The van der Waals surface area contributed by atoms with Gasteiger partial charge < -0.3 is 21.3 Å². The maximum Gasteiger partial charge on any atom is 0.277 e. The average Bonchev–Trinajstić information content (AvgIpc) is 2.55. The van der Waals surface area contributed by atoms with E-state index < -0.39 is 5.91 Å². The van der Waals surface area contributed by atoms with E-state index in [2.05, 4.69) is 15.4 Å². The number of hydrogen-bond donors (Lipinski definition) is 3. The van der Waals surface area contributed by atoms with Gasteiger partial charge in [-0.05, 0) is 31.3 Å². The molecule has 1 fully saturated rings. The quantitative estimate of drug-likeness (QED) is 0.379. The molecule has 1 saturated heterocycles. The van der Waals surface area contributed by atoms with Gasteiger partial charge in [0.05, 0.1) is 5.69 Å². The van der Waals surface area contributed by atoms with Crippen LogP contribution in [0.15, 0.2) is 29.4 Å². The molecule has 0 unspecified atom stereocenters. The largest absolute Gasteiger partial charge is 0.388 e. The van der Waals surface area contributed by atoms with Gasteiger partial charge in [-0.25, -0.2) is 0 Å². The molecular formula is C15H20N6O2S. The van der Waals surface area contributed by atoms with Crippen LogP contribution in [0, 0.1) is 0 Å². The van der Waals surface area contributed by atoms with Gasteiger partial charge in [0.1, 0.15) is 4.99 Å². The number of primary amides is 1. The topological polar surface area (TPSA) is 117 Å². The summed E-state index contributed by atoms with van der Waals surface area (Å²) in [5.41, 5.74) is 14.5. The first-order valence-electron chi connectivity index (χ1n) is 7.39. The van der Waals surface area contributed by atoms with Crippen LogP contribution in [0.4, 0.5) is 5.69 Å². The molecule has 0 spiro atoms. The highest BCUT2D eigenvalue weighted by atomic mass is 32.1. The molecule has 24 heavy (non-hydrogen) atoms. The number of benzene rings is 1. The zero-order chi connectivity index (χ0) is 17.7. The Hall–Kier alpha value is -2.52. The summed E-state index contributed by atoms with van der Waals surface area (Å²) in [7, 11) is 2.00. The Balaban J connectivity index is 2.09. The number of carbonyl (C=O) groups excluding carboxylic acids is 2. The van der Waals surface area contributed by atoms with Crippen molar-refractivity contribution in [3.8, 4) is 0 Å². The number of thiocarbonyl (C=S) groups is 1. The van der Waals surface area contributed by atoms with Gasteiger partial charge in [0, 0.05) is 31.7 Å². The molecule has 0 radical (unpaired) electrons. The fourth-order valence-corrected chi connectivity index (χ4v) is 2.33. The molecular weight excluding hydrogens is 328 g/mol. The predicted molar refractivity (Wildman–Crippen MR) is 96.9 cm³/mol. The van der Waals surface area contributed by atoms with Gasteiger partial charge in [0.25, 0.3) is 5.91 Å². The van der Waals surface area contributed by atoms with Crippen molar-refractivity contribution in [3.05, 3.63) is 29.8 Å². The van der Waals surface area contributed by atoms with Gasteiger partial charge >= 0.3 is 0 Å². The van der Waals surface area contributed by atoms with Crippen LogP contribution in [0.2, 0.25) is 0 Å². The molecule has 0 bridgehead atoms. The molecule has 0 aromatic heterocycles. The Bertz CT molecular complexity index is 665. The summed E-state index contributed by atoms with van der Waals surface area (Å²) in [5.74, 6) is -0.809. The van der Waals surface area contributed by atoms with Crippen LogP contribution in [0.3, 0.4) is 0 Å². The van der Waals surface area contributed by atoms with Crippen LogP contribution in [0.1, 0.15) is 10.4 Å². The lowest BCUT2D eigenvalue weighted by Crippen LogP contribution is -2.51. The molecule has 1 aliphatic heterocycles. The highest BCUT2D eigenvalue weighted by Crippen LogP contribution is 2.09. The number of amides is 2. The number of likely N-dealkylation sites (N-methyl/N-ethyl adjacent to an activating group) is 1. The van der Waals surface area contributed by atoms with E-state index in [1.54, 1.807) is 29.2 Å². The Morgan fingerprint density at radius 1 is 1.12 bits per heavy atom. The summed E-state index contributed by atoms with van der Waals surface area (Å²) in [5, 5.41) is 4.04. The third kappa shape index (κ3) is 4.49.